The first-order valence-electron chi connectivity index (χ1n) is 9.74. The standard InChI is InChI=1S/C20H26N4O2/c1-4-18-19(26-8-7-25-18)9-15(1)20-16(12-22-23-20)11-21-10-14-5-6-24(13-14)17-2-3-17/h1,4,9,12,14,17,21H,2-3,5-8,10-11,13H2,(H,22,23). The topological polar surface area (TPSA) is 62.4 Å². The number of ether oxygens (including phenoxy) is 2. The van der Waals surface area contributed by atoms with Crippen LogP contribution in [0.15, 0.2) is 24.4 Å². The van der Waals surface area contributed by atoms with E-state index < -0.39 is 0 Å². The van der Waals surface area contributed by atoms with Crippen LogP contribution in [0.1, 0.15) is 24.8 Å². The van der Waals surface area contributed by atoms with Gasteiger partial charge >= 0.3 is 0 Å². The van der Waals surface area contributed by atoms with E-state index >= 15 is 0 Å². The summed E-state index contributed by atoms with van der Waals surface area (Å²) in [5.41, 5.74) is 3.34. The van der Waals surface area contributed by atoms with Gasteiger partial charge in [-0.25, -0.2) is 0 Å². The van der Waals surface area contributed by atoms with Crippen LogP contribution in [0.4, 0.5) is 0 Å². The molecule has 0 spiro atoms. The number of hydrogen-bond acceptors (Lipinski definition) is 5. The Morgan fingerprint density at radius 3 is 2.92 bits per heavy atom. The Labute approximate surface area is 153 Å². The number of aromatic nitrogens is 2. The third kappa shape index (κ3) is 3.31. The van der Waals surface area contributed by atoms with Crippen LogP contribution in [0.3, 0.4) is 0 Å². The van der Waals surface area contributed by atoms with Gasteiger partial charge in [0.2, 0.25) is 0 Å². The van der Waals surface area contributed by atoms with Crippen LogP contribution in [0, 0.1) is 5.92 Å². The van der Waals surface area contributed by atoms with Gasteiger partial charge in [0.1, 0.15) is 13.2 Å². The van der Waals surface area contributed by atoms with Crippen LogP contribution in [-0.4, -0.2) is 54.0 Å². The molecule has 3 heterocycles. The van der Waals surface area contributed by atoms with E-state index in [-0.39, 0.29) is 0 Å². The second-order valence-electron chi connectivity index (χ2n) is 7.64. The molecule has 1 saturated carbocycles. The monoisotopic (exact) mass is 354 g/mol. The van der Waals surface area contributed by atoms with E-state index in [0.29, 0.717) is 13.2 Å². The summed E-state index contributed by atoms with van der Waals surface area (Å²) in [6.45, 7) is 5.68. The van der Waals surface area contributed by atoms with Crippen molar-refractivity contribution in [3.8, 4) is 22.8 Å². The maximum absolute atomic E-state index is 5.71. The van der Waals surface area contributed by atoms with Crippen LogP contribution in [0.25, 0.3) is 11.3 Å². The quantitative estimate of drug-likeness (QED) is 0.834. The highest BCUT2D eigenvalue weighted by Crippen LogP contribution is 2.35. The van der Waals surface area contributed by atoms with Gasteiger partial charge < -0.3 is 19.7 Å². The largest absolute Gasteiger partial charge is 0.486 e. The van der Waals surface area contributed by atoms with Crippen LogP contribution >= 0.6 is 0 Å². The van der Waals surface area contributed by atoms with Crippen molar-refractivity contribution >= 4 is 0 Å². The van der Waals surface area contributed by atoms with Crippen molar-refractivity contribution in [1.82, 2.24) is 20.4 Å². The van der Waals surface area contributed by atoms with Crippen LogP contribution in [0.5, 0.6) is 11.5 Å². The lowest BCUT2D eigenvalue weighted by molar-refractivity contribution is 0.171. The van der Waals surface area contributed by atoms with Gasteiger partial charge in [-0.2, -0.15) is 5.10 Å². The Bertz CT molecular complexity index is 771. The Morgan fingerprint density at radius 1 is 1.15 bits per heavy atom. The predicted octanol–water partition coefficient (Wildman–Crippen LogP) is 2.42. The minimum atomic E-state index is 0.604. The SMILES string of the molecule is c1cc2c(cc1-c1[nH]ncc1CNCC1CCN(C3CC3)C1)OCCO2. The molecule has 1 aromatic carbocycles. The highest BCUT2D eigenvalue weighted by Gasteiger charge is 2.34. The number of benzene rings is 1. The lowest BCUT2D eigenvalue weighted by Gasteiger charge is -2.19. The summed E-state index contributed by atoms with van der Waals surface area (Å²) in [7, 11) is 0. The molecule has 2 fully saturated rings. The molecule has 138 valence electrons. The van der Waals surface area contributed by atoms with Crippen molar-refractivity contribution in [2.75, 3.05) is 32.8 Å². The second-order valence-corrected chi connectivity index (χ2v) is 7.64. The molecule has 1 atom stereocenters. The Hall–Kier alpha value is -2.05. The van der Waals surface area contributed by atoms with Gasteiger partial charge in [-0.3, -0.25) is 5.10 Å². The zero-order chi connectivity index (χ0) is 17.3. The maximum atomic E-state index is 5.71. The summed E-state index contributed by atoms with van der Waals surface area (Å²) < 4.78 is 11.3. The van der Waals surface area contributed by atoms with Crippen LogP contribution < -0.4 is 14.8 Å². The molecule has 1 saturated heterocycles. The fourth-order valence-corrected chi connectivity index (χ4v) is 4.11. The molecule has 2 aliphatic heterocycles. The van der Waals surface area contributed by atoms with Gasteiger partial charge in [-0.1, -0.05) is 0 Å². The van der Waals surface area contributed by atoms with Gasteiger partial charge in [-0.05, 0) is 56.5 Å². The van der Waals surface area contributed by atoms with E-state index in [1.165, 1.54) is 37.9 Å². The summed E-state index contributed by atoms with van der Waals surface area (Å²) in [5, 5.41) is 11.0. The molecule has 1 aliphatic carbocycles. The van der Waals surface area contributed by atoms with Crippen LogP contribution in [-0.2, 0) is 6.54 Å². The molecule has 0 radical (unpaired) electrons. The number of H-pyrrole nitrogens is 1. The predicted molar refractivity (Wildman–Crippen MR) is 99.4 cm³/mol. The second kappa shape index (κ2) is 6.93. The molecule has 2 N–H and O–H groups in total. The number of rotatable bonds is 6. The van der Waals surface area contributed by atoms with E-state index in [2.05, 4.69) is 26.5 Å². The van der Waals surface area contributed by atoms with Crippen molar-refractivity contribution in [2.45, 2.75) is 31.8 Å². The summed E-state index contributed by atoms with van der Waals surface area (Å²) in [6, 6.07) is 6.98. The van der Waals surface area contributed by atoms with Crippen molar-refractivity contribution < 1.29 is 9.47 Å². The number of likely N-dealkylation sites (tertiary alicyclic amines) is 1. The normalized spacial score (nSPS) is 22.7. The molecule has 3 aliphatic rings. The fraction of sp³-hybridized carbons (Fsp3) is 0.550. The van der Waals surface area contributed by atoms with Crippen molar-refractivity contribution in [3.63, 3.8) is 0 Å². The van der Waals surface area contributed by atoms with Crippen LogP contribution in [0.2, 0.25) is 0 Å². The average molecular weight is 354 g/mol. The van der Waals surface area contributed by atoms with Gasteiger partial charge in [0.05, 0.1) is 11.9 Å². The number of nitrogens with zero attached hydrogens (tertiary/aromatic N) is 2. The van der Waals surface area contributed by atoms with E-state index in [4.69, 9.17) is 9.47 Å². The molecule has 1 unspecified atom stereocenters. The maximum Gasteiger partial charge on any atom is 0.162 e. The molecule has 0 amide bonds. The Balaban J connectivity index is 1.21. The van der Waals surface area contributed by atoms with Crippen molar-refractivity contribution in [1.29, 1.82) is 0 Å². The summed E-state index contributed by atoms with van der Waals surface area (Å²) in [5.74, 6) is 2.41. The number of aromatic amines is 1. The summed E-state index contributed by atoms with van der Waals surface area (Å²) >= 11 is 0. The molecule has 0 bridgehead atoms. The first-order chi connectivity index (χ1) is 12.9. The van der Waals surface area contributed by atoms with Crippen molar-refractivity contribution in [3.05, 3.63) is 30.0 Å². The highest BCUT2D eigenvalue weighted by molar-refractivity contribution is 5.66. The van der Waals surface area contributed by atoms with Crippen molar-refractivity contribution in [2.24, 2.45) is 5.92 Å². The molecular formula is C20H26N4O2. The first-order valence-corrected chi connectivity index (χ1v) is 9.74. The number of hydrogen-bond donors (Lipinski definition) is 2. The smallest absolute Gasteiger partial charge is 0.162 e. The fourth-order valence-electron chi connectivity index (χ4n) is 4.11. The van der Waals surface area contributed by atoms with E-state index in [9.17, 15) is 0 Å². The van der Waals surface area contributed by atoms with E-state index in [1.54, 1.807) is 0 Å². The van der Waals surface area contributed by atoms with E-state index in [1.807, 2.05) is 18.3 Å². The molecule has 1 aromatic heterocycles. The van der Waals surface area contributed by atoms with Gasteiger partial charge in [-0.15, -0.1) is 0 Å². The minimum absolute atomic E-state index is 0.604. The molecule has 2 aromatic rings. The number of fused-ring (bicyclic) bond motifs is 1. The lowest BCUT2D eigenvalue weighted by Crippen LogP contribution is -2.27. The van der Waals surface area contributed by atoms with Gasteiger partial charge in [0.25, 0.3) is 0 Å². The molecule has 6 heteroatoms. The highest BCUT2D eigenvalue weighted by atomic mass is 16.6. The number of nitrogens with one attached hydrogen (secondary N) is 2. The molecule has 6 nitrogen and oxygen atoms in total. The first kappa shape index (κ1) is 16.1. The zero-order valence-electron chi connectivity index (χ0n) is 15.0. The minimum Gasteiger partial charge on any atom is -0.486 e. The van der Waals surface area contributed by atoms with Gasteiger partial charge in [0.15, 0.2) is 11.5 Å². The molecule has 5 rings (SSSR count). The summed E-state index contributed by atoms with van der Waals surface area (Å²) in [4.78, 5) is 2.67. The third-order valence-electron chi connectivity index (χ3n) is 5.68. The molecular weight excluding hydrogens is 328 g/mol. The summed E-state index contributed by atoms with van der Waals surface area (Å²) in [6.07, 6.45) is 6.07. The Morgan fingerprint density at radius 2 is 2.04 bits per heavy atom. The Kier molecular flexibility index (Phi) is 4.30. The average Bonchev–Trinajstić information content (AvgIpc) is 3.24. The molecule has 26 heavy (non-hydrogen) atoms. The lowest BCUT2D eigenvalue weighted by atomic mass is 10.1. The zero-order valence-corrected chi connectivity index (χ0v) is 15.0. The van der Waals surface area contributed by atoms with E-state index in [0.717, 1.165) is 47.8 Å². The third-order valence-corrected chi connectivity index (χ3v) is 5.68. The van der Waals surface area contributed by atoms with Gasteiger partial charge in [0, 0.05) is 30.3 Å².